The first-order chi connectivity index (χ1) is 9.08. The maximum atomic E-state index is 13.1. The molecule has 3 N–H and O–H groups in total. The van der Waals surface area contributed by atoms with Crippen molar-refractivity contribution in [3.8, 4) is 0 Å². The number of aryl methyl sites for hydroxylation is 1. The van der Waals surface area contributed by atoms with Gasteiger partial charge in [-0.1, -0.05) is 24.3 Å². The van der Waals surface area contributed by atoms with Gasteiger partial charge in [-0.2, -0.15) is 0 Å². The molecule has 0 saturated carbocycles. The Morgan fingerprint density at radius 2 is 2.00 bits per heavy atom. The van der Waals surface area contributed by atoms with E-state index < -0.39 is 5.82 Å². The highest BCUT2D eigenvalue weighted by atomic mass is 19.1. The van der Waals surface area contributed by atoms with Crippen LogP contribution in [0.25, 0.3) is 0 Å². The topological polar surface area (TPSA) is 55.1 Å². The van der Waals surface area contributed by atoms with Gasteiger partial charge in [-0.15, -0.1) is 0 Å². The summed E-state index contributed by atoms with van der Waals surface area (Å²) in [4.78, 5) is 12.0. The lowest BCUT2D eigenvalue weighted by molar-refractivity contribution is 0.0950. The third-order valence-corrected chi connectivity index (χ3v) is 2.94. The Labute approximate surface area is 111 Å². The molecule has 0 bridgehead atoms. The van der Waals surface area contributed by atoms with Crippen LogP contribution >= 0.6 is 0 Å². The van der Waals surface area contributed by atoms with Crippen molar-refractivity contribution in [2.75, 3.05) is 5.73 Å². The number of carbonyl (C=O) groups is 1. The van der Waals surface area contributed by atoms with Crippen LogP contribution in [0.15, 0.2) is 42.5 Å². The fourth-order valence-corrected chi connectivity index (χ4v) is 1.80. The molecule has 0 atom stereocenters. The highest BCUT2D eigenvalue weighted by molar-refractivity contribution is 5.95. The summed E-state index contributed by atoms with van der Waals surface area (Å²) in [5.41, 5.74) is 8.33. The number of hydrogen-bond donors (Lipinski definition) is 2. The number of benzene rings is 2. The minimum absolute atomic E-state index is 0.305. The van der Waals surface area contributed by atoms with E-state index in [-0.39, 0.29) is 5.91 Å². The van der Waals surface area contributed by atoms with Crippen LogP contribution in [0, 0.1) is 12.7 Å². The van der Waals surface area contributed by atoms with E-state index >= 15 is 0 Å². The van der Waals surface area contributed by atoms with Crippen molar-refractivity contribution in [3.63, 3.8) is 0 Å². The Hall–Kier alpha value is -2.36. The fourth-order valence-electron chi connectivity index (χ4n) is 1.80. The predicted molar refractivity (Wildman–Crippen MR) is 73.2 cm³/mol. The molecule has 1 amide bonds. The lowest BCUT2D eigenvalue weighted by Gasteiger charge is -2.09. The zero-order valence-electron chi connectivity index (χ0n) is 10.6. The van der Waals surface area contributed by atoms with Crippen LogP contribution in [-0.4, -0.2) is 5.91 Å². The minimum atomic E-state index is -0.421. The van der Waals surface area contributed by atoms with Crippen LogP contribution < -0.4 is 11.1 Å². The van der Waals surface area contributed by atoms with Gasteiger partial charge >= 0.3 is 0 Å². The van der Waals surface area contributed by atoms with Crippen LogP contribution in [0.3, 0.4) is 0 Å². The summed E-state index contributed by atoms with van der Waals surface area (Å²) in [6, 6.07) is 11.5. The normalized spacial score (nSPS) is 10.2. The number of nitrogens with two attached hydrogens (primary N) is 1. The lowest BCUT2D eigenvalue weighted by atomic mass is 10.1. The molecule has 0 aliphatic carbocycles. The summed E-state index contributed by atoms with van der Waals surface area (Å²) in [6.07, 6.45) is 0. The van der Waals surface area contributed by atoms with Gasteiger partial charge < -0.3 is 11.1 Å². The number of para-hydroxylation sites is 1. The van der Waals surface area contributed by atoms with Crippen LogP contribution in [0.5, 0.6) is 0 Å². The quantitative estimate of drug-likeness (QED) is 0.831. The Morgan fingerprint density at radius 3 is 2.74 bits per heavy atom. The number of carbonyl (C=O) groups excluding carboxylic acids is 1. The molecule has 0 heterocycles. The van der Waals surface area contributed by atoms with Crippen LogP contribution in [0.4, 0.5) is 10.1 Å². The summed E-state index contributed by atoms with van der Waals surface area (Å²) in [7, 11) is 0. The molecule has 0 aliphatic heterocycles. The monoisotopic (exact) mass is 258 g/mol. The van der Waals surface area contributed by atoms with Crippen molar-refractivity contribution in [3.05, 3.63) is 65.0 Å². The van der Waals surface area contributed by atoms with E-state index in [1.165, 1.54) is 12.1 Å². The summed E-state index contributed by atoms with van der Waals surface area (Å²) in [6.45, 7) is 2.09. The average Bonchev–Trinajstić information content (AvgIpc) is 2.40. The number of halogens is 1. The number of anilines is 1. The molecule has 0 fully saturated rings. The Balaban J connectivity index is 2.10. The van der Waals surface area contributed by atoms with Crippen LogP contribution in [0.2, 0.25) is 0 Å². The average molecular weight is 258 g/mol. The SMILES string of the molecule is Cc1ccc(F)cc1C(=O)NCc1ccccc1N. The van der Waals surface area contributed by atoms with Gasteiger partial charge in [-0.25, -0.2) is 4.39 Å². The molecule has 2 aromatic rings. The Bertz CT molecular complexity index is 611. The second kappa shape index (κ2) is 5.52. The molecule has 0 radical (unpaired) electrons. The standard InChI is InChI=1S/C15H15FN2O/c1-10-6-7-12(16)8-13(10)15(19)18-9-11-4-2-3-5-14(11)17/h2-8H,9,17H2,1H3,(H,18,19). The van der Waals surface area contributed by atoms with Crippen LogP contribution in [0.1, 0.15) is 21.5 Å². The Kier molecular flexibility index (Phi) is 3.80. The van der Waals surface area contributed by atoms with Gasteiger partial charge in [-0.05, 0) is 36.2 Å². The maximum absolute atomic E-state index is 13.1. The van der Waals surface area contributed by atoms with Crippen molar-refractivity contribution >= 4 is 11.6 Å². The van der Waals surface area contributed by atoms with Crippen molar-refractivity contribution in [2.45, 2.75) is 13.5 Å². The van der Waals surface area contributed by atoms with Gasteiger partial charge in [0, 0.05) is 17.8 Å². The minimum Gasteiger partial charge on any atom is -0.398 e. The van der Waals surface area contributed by atoms with E-state index in [0.29, 0.717) is 17.8 Å². The van der Waals surface area contributed by atoms with Gasteiger partial charge in [0.15, 0.2) is 0 Å². The largest absolute Gasteiger partial charge is 0.398 e. The van der Waals surface area contributed by atoms with Crippen molar-refractivity contribution in [1.82, 2.24) is 5.32 Å². The second-order valence-corrected chi connectivity index (χ2v) is 4.34. The lowest BCUT2D eigenvalue weighted by Crippen LogP contribution is -2.24. The van der Waals surface area contributed by atoms with Gasteiger partial charge in [0.2, 0.25) is 0 Å². The van der Waals surface area contributed by atoms with E-state index in [1.54, 1.807) is 19.1 Å². The predicted octanol–water partition coefficient (Wildman–Crippen LogP) is 2.65. The summed E-state index contributed by atoms with van der Waals surface area (Å²) in [5.74, 6) is -0.727. The van der Waals surface area contributed by atoms with Crippen LogP contribution in [-0.2, 0) is 6.54 Å². The van der Waals surface area contributed by atoms with Crippen molar-refractivity contribution in [2.24, 2.45) is 0 Å². The first kappa shape index (κ1) is 13.1. The molecule has 98 valence electrons. The molecule has 19 heavy (non-hydrogen) atoms. The fraction of sp³-hybridized carbons (Fsp3) is 0.133. The molecule has 2 rings (SSSR count). The molecule has 2 aromatic carbocycles. The van der Waals surface area contributed by atoms with Gasteiger partial charge in [0.05, 0.1) is 0 Å². The third kappa shape index (κ3) is 3.10. The van der Waals surface area contributed by atoms with Gasteiger partial charge in [-0.3, -0.25) is 4.79 Å². The number of hydrogen-bond acceptors (Lipinski definition) is 2. The molecule has 0 aliphatic rings. The first-order valence-corrected chi connectivity index (χ1v) is 5.95. The van der Waals surface area contributed by atoms with Gasteiger partial charge in [0.25, 0.3) is 5.91 Å². The maximum Gasteiger partial charge on any atom is 0.251 e. The summed E-state index contributed by atoms with van der Waals surface area (Å²) >= 11 is 0. The van der Waals surface area contributed by atoms with E-state index in [9.17, 15) is 9.18 Å². The molecular formula is C15H15FN2O. The first-order valence-electron chi connectivity index (χ1n) is 5.95. The molecule has 4 heteroatoms. The zero-order chi connectivity index (χ0) is 13.8. The third-order valence-electron chi connectivity index (χ3n) is 2.94. The molecular weight excluding hydrogens is 243 g/mol. The molecule has 0 aromatic heterocycles. The molecule has 0 spiro atoms. The summed E-state index contributed by atoms with van der Waals surface area (Å²) < 4.78 is 13.1. The smallest absolute Gasteiger partial charge is 0.251 e. The number of nitrogens with one attached hydrogen (secondary N) is 1. The van der Waals surface area contributed by atoms with E-state index in [0.717, 1.165) is 11.1 Å². The number of rotatable bonds is 3. The van der Waals surface area contributed by atoms with Crippen molar-refractivity contribution in [1.29, 1.82) is 0 Å². The van der Waals surface area contributed by atoms with E-state index in [4.69, 9.17) is 5.73 Å². The van der Waals surface area contributed by atoms with E-state index in [2.05, 4.69) is 5.32 Å². The highest BCUT2D eigenvalue weighted by Crippen LogP contribution is 2.12. The number of amides is 1. The van der Waals surface area contributed by atoms with Crippen molar-refractivity contribution < 1.29 is 9.18 Å². The Morgan fingerprint density at radius 1 is 1.26 bits per heavy atom. The zero-order valence-corrected chi connectivity index (χ0v) is 10.6. The van der Waals surface area contributed by atoms with E-state index in [1.807, 2.05) is 18.2 Å². The molecule has 0 saturated heterocycles. The highest BCUT2D eigenvalue weighted by Gasteiger charge is 2.10. The summed E-state index contributed by atoms with van der Waals surface area (Å²) in [5, 5.41) is 2.74. The molecule has 0 unspecified atom stereocenters. The second-order valence-electron chi connectivity index (χ2n) is 4.34. The van der Waals surface area contributed by atoms with Gasteiger partial charge in [0.1, 0.15) is 5.82 Å². The number of nitrogen functional groups attached to an aromatic ring is 1. The molecule has 3 nitrogen and oxygen atoms in total.